The molecule has 7 heteroatoms. The number of rotatable bonds is 7. The van der Waals surface area contributed by atoms with Crippen LogP contribution in [0.15, 0.2) is 40.2 Å². The summed E-state index contributed by atoms with van der Waals surface area (Å²) in [7, 11) is 3.10. The quantitative estimate of drug-likeness (QED) is 0.226. The lowest BCUT2D eigenvalue weighted by Gasteiger charge is -2.15. The fourth-order valence-corrected chi connectivity index (χ4v) is 2.56. The molecule has 5 nitrogen and oxygen atoms in total. The Morgan fingerprint density at radius 2 is 2.00 bits per heavy atom. The van der Waals surface area contributed by atoms with Gasteiger partial charge in [0.2, 0.25) is 0 Å². The van der Waals surface area contributed by atoms with E-state index in [0.29, 0.717) is 24.2 Å². The second-order valence-electron chi connectivity index (χ2n) is 4.45. The third kappa shape index (κ3) is 9.14. The maximum Gasteiger partial charge on any atom is 0.307 e. The van der Waals surface area contributed by atoms with Crippen LogP contribution < -0.4 is 10.6 Å². The predicted octanol–water partition coefficient (Wildman–Crippen LogP) is 2.51. The van der Waals surface area contributed by atoms with Gasteiger partial charge in [0.15, 0.2) is 5.96 Å². The summed E-state index contributed by atoms with van der Waals surface area (Å²) in [6.45, 7) is 3.45. The number of carbonyl (C=O) groups excluding carboxylic acids is 1. The number of thioether (sulfide) groups is 1. The van der Waals surface area contributed by atoms with E-state index in [1.165, 1.54) is 12.0 Å². The second-order valence-corrected chi connectivity index (χ2v) is 5.96. The number of nitrogens with one attached hydrogen (secondary N) is 2. The Balaban J connectivity index is 0.00000441. The summed E-state index contributed by atoms with van der Waals surface area (Å²) in [4.78, 5) is 16.4. The van der Waals surface area contributed by atoms with Crippen molar-refractivity contribution in [1.29, 1.82) is 0 Å². The molecule has 1 aromatic carbocycles. The minimum absolute atomic E-state index is 0. The summed E-state index contributed by atoms with van der Waals surface area (Å²) in [5.41, 5.74) is 0. The van der Waals surface area contributed by atoms with Gasteiger partial charge in [-0.3, -0.25) is 9.79 Å². The van der Waals surface area contributed by atoms with Gasteiger partial charge < -0.3 is 15.4 Å². The Morgan fingerprint density at radius 1 is 1.32 bits per heavy atom. The lowest BCUT2D eigenvalue weighted by Crippen LogP contribution is -2.40. The molecule has 0 aliphatic carbocycles. The van der Waals surface area contributed by atoms with Crippen LogP contribution in [0, 0.1) is 0 Å². The highest BCUT2D eigenvalue weighted by atomic mass is 127. The minimum atomic E-state index is -0.231. The van der Waals surface area contributed by atoms with Gasteiger partial charge in [-0.15, -0.1) is 35.7 Å². The van der Waals surface area contributed by atoms with Crippen molar-refractivity contribution in [2.75, 3.05) is 27.2 Å². The fourth-order valence-electron chi connectivity index (χ4n) is 1.62. The van der Waals surface area contributed by atoms with Crippen molar-refractivity contribution in [1.82, 2.24) is 10.6 Å². The van der Waals surface area contributed by atoms with Crippen LogP contribution >= 0.6 is 35.7 Å². The largest absolute Gasteiger partial charge is 0.469 e. The van der Waals surface area contributed by atoms with Crippen LogP contribution in [0.25, 0.3) is 0 Å². The van der Waals surface area contributed by atoms with E-state index in [9.17, 15) is 4.79 Å². The van der Waals surface area contributed by atoms with E-state index in [1.807, 2.05) is 30.0 Å². The Morgan fingerprint density at radius 3 is 2.59 bits per heavy atom. The maximum absolute atomic E-state index is 11.0. The molecule has 0 radical (unpaired) electrons. The maximum atomic E-state index is 11.0. The minimum Gasteiger partial charge on any atom is -0.469 e. The highest BCUT2D eigenvalue weighted by molar-refractivity contribution is 14.0. The number of hydrogen-bond donors (Lipinski definition) is 2. The molecular formula is C15H24IN3O2S. The first-order chi connectivity index (χ1) is 10.2. The molecule has 22 heavy (non-hydrogen) atoms. The highest BCUT2D eigenvalue weighted by Crippen LogP contribution is 2.21. The van der Waals surface area contributed by atoms with Crippen LogP contribution in [-0.2, 0) is 9.53 Å². The zero-order valence-corrected chi connectivity index (χ0v) is 16.3. The van der Waals surface area contributed by atoms with Crippen LogP contribution in [0.4, 0.5) is 0 Å². The van der Waals surface area contributed by atoms with E-state index in [4.69, 9.17) is 0 Å². The lowest BCUT2D eigenvalue weighted by molar-refractivity contribution is -0.140. The Hall–Kier alpha value is -0.960. The van der Waals surface area contributed by atoms with Crippen molar-refractivity contribution < 1.29 is 9.53 Å². The van der Waals surface area contributed by atoms with Crippen molar-refractivity contribution in [2.24, 2.45) is 4.99 Å². The average Bonchev–Trinajstić information content (AvgIpc) is 2.51. The van der Waals surface area contributed by atoms with Crippen LogP contribution in [0.2, 0.25) is 0 Å². The van der Waals surface area contributed by atoms with Gasteiger partial charge in [-0.2, -0.15) is 0 Å². The van der Waals surface area contributed by atoms with Crippen LogP contribution in [0.5, 0.6) is 0 Å². The molecule has 0 aromatic heterocycles. The van der Waals surface area contributed by atoms with Crippen molar-refractivity contribution in [3.05, 3.63) is 30.3 Å². The van der Waals surface area contributed by atoms with E-state index in [2.05, 4.69) is 39.4 Å². The zero-order valence-electron chi connectivity index (χ0n) is 13.2. The van der Waals surface area contributed by atoms with E-state index in [1.54, 1.807) is 7.05 Å². The highest BCUT2D eigenvalue weighted by Gasteiger charge is 2.06. The number of guanidine groups is 1. The molecular weight excluding hydrogens is 413 g/mol. The number of esters is 1. The zero-order chi connectivity index (χ0) is 15.5. The summed E-state index contributed by atoms with van der Waals surface area (Å²) >= 11 is 1.81. The molecule has 0 bridgehead atoms. The Bertz CT molecular complexity index is 457. The molecule has 0 amide bonds. The van der Waals surface area contributed by atoms with Gasteiger partial charge in [0.05, 0.1) is 13.5 Å². The first kappa shape index (κ1) is 21.0. The molecule has 0 spiro atoms. The number of nitrogens with zero attached hydrogens (tertiary/aromatic N) is 1. The second kappa shape index (κ2) is 12.6. The normalized spacial score (nSPS) is 12.0. The van der Waals surface area contributed by atoms with Gasteiger partial charge in [-0.25, -0.2) is 0 Å². The fraction of sp³-hybridized carbons (Fsp3) is 0.467. The topological polar surface area (TPSA) is 62.7 Å². The molecule has 1 unspecified atom stereocenters. The summed E-state index contributed by atoms with van der Waals surface area (Å²) in [6.07, 6.45) is 0.325. The summed E-state index contributed by atoms with van der Waals surface area (Å²) in [6, 6.07) is 10.3. The summed E-state index contributed by atoms with van der Waals surface area (Å²) in [5.74, 6) is 0.463. The Labute approximate surface area is 153 Å². The van der Waals surface area contributed by atoms with Crippen LogP contribution in [0.1, 0.15) is 13.3 Å². The molecule has 0 aliphatic rings. The number of aliphatic imine (C=N–C) groups is 1. The molecule has 1 aromatic rings. The first-order valence-corrected chi connectivity index (χ1v) is 7.76. The number of benzene rings is 1. The van der Waals surface area contributed by atoms with E-state index < -0.39 is 0 Å². The van der Waals surface area contributed by atoms with Gasteiger partial charge in [-0.1, -0.05) is 25.1 Å². The van der Waals surface area contributed by atoms with Crippen molar-refractivity contribution >= 4 is 47.7 Å². The van der Waals surface area contributed by atoms with Gasteiger partial charge in [0, 0.05) is 30.3 Å². The number of methoxy groups -OCH3 is 1. The standard InChI is InChI=1S/C15H23N3O2S.HI/c1-12(21-13-7-5-4-6-8-13)11-18-15(16-2)17-10-9-14(19)20-3;/h4-8,12H,9-11H2,1-3H3,(H2,16,17,18);1H. The SMILES string of the molecule is CN=C(NCCC(=O)OC)NCC(C)Sc1ccccc1.I. The smallest absolute Gasteiger partial charge is 0.307 e. The third-order valence-corrected chi connectivity index (χ3v) is 3.82. The van der Waals surface area contributed by atoms with Crippen molar-refractivity contribution in [3.63, 3.8) is 0 Å². The predicted molar refractivity (Wildman–Crippen MR) is 103 cm³/mol. The average molecular weight is 437 g/mol. The molecule has 1 rings (SSSR count). The van der Waals surface area contributed by atoms with E-state index >= 15 is 0 Å². The summed E-state index contributed by atoms with van der Waals surface area (Å²) < 4.78 is 4.59. The molecule has 0 aliphatic heterocycles. The molecule has 0 saturated carbocycles. The van der Waals surface area contributed by atoms with Crippen LogP contribution in [0.3, 0.4) is 0 Å². The molecule has 124 valence electrons. The van der Waals surface area contributed by atoms with Crippen LogP contribution in [-0.4, -0.2) is 44.4 Å². The van der Waals surface area contributed by atoms with Crippen molar-refractivity contribution in [2.45, 2.75) is 23.5 Å². The monoisotopic (exact) mass is 437 g/mol. The summed E-state index contributed by atoms with van der Waals surface area (Å²) in [5, 5.41) is 6.74. The first-order valence-electron chi connectivity index (χ1n) is 6.88. The van der Waals surface area contributed by atoms with E-state index in [0.717, 1.165) is 6.54 Å². The Kier molecular flexibility index (Phi) is 12.0. The molecule has 2 N–H and O–H groups in total. The molecule has 1 atom stereocenters. The van der Waals surface area contributed by atoms with Gasteiger partial charge in [0.25, 0.3) is 0 Å². The molecule has 0 saturated heterocycles. The molecule has 0 heterocycles. The van der Waals surface area contributed by atoms with E-state index in [-0.39, 0.29) is 29.9 Å². The number of hydrogen-bond acceptors (Lipinski definition) is 4. The van der Waals surface area contributed by atoms with Crippen molar-refractivity contribution in [3.8, 4) is 0 Å². The van der Waals surface area contributed by atoms with Gasteiger partial charge in [0.1, 0.15) is 0 Å². The number of carbonyl (C=O) groups is 1. The van der Waals surface area contributed by atoms with Gasteiger partial charge >= 0.3 is 5.97 Å². The lowest BCUT2D eigenvalue weighted by atomic mass is 10.4. The number of ether oxygens (including phenoxy) is 1. The third-order valence-electron chi connectivity index (χ3n) is 2.71. The van der Waals surface area contributed by atoms with Gasteiger partial charge in [-0.05, 0) is 12.1 Å². The number of halogens is 1. The molecule has 0 fully saturated rings.